The van der Waals surface area contributed by atoms with Crippen molar-refractivity contribution < 1.29 is 9.21 Å². The summed E-state index contributed by atoms with van der Waals surface area (Å²) in [6.45, 7) is 6.15. The topological polar surface area (TPSA) is 42.2 Å². The molecule has 0 saturated carbocycles. The molecule has 0 spiro atoms. The fourth-order valence-corrected chi connectivity index (χ4v) is 2.51. The van der Waals surface area contributed by atoms with Crippen LogP contribution in [0, 0.1) is 5.92 Å². The zero-order valence-electron chi connectivity index (χ0n) is 12.6. The molecule has 4 heteroatoms. The van der Waals surface area contributed by atoms with Crippen LogP contribution in [0.1, 0.15) is 37.1 Å². The molecule has 0 saturated heterocycles. The van der Waals surface area contributed by atoms with Crippen molar-refractivity contribution >= 4 is 17.7 Å². The van der Waals surface area contributed by atoms with Crippen molar-refractivity contribution in [2.45, 2.75) is 37.5 Å². The van der Waals surface area contributed by atoms with Gasteiger partial charge >= 0.3 is 0 Å². The number of nitrogens with one attached hydrogen (secondary N) is 1. The molecule has 1 unspecified atom stereocenters. The molecular weight excluding hydrogens is 282 g/mol. The van der Waals surface area contributed by atoms with E-state index in [9.17, 15) is 4.79 Å². The fourth-order valence-electron chi connectivity index (χ4n) is 1.69. The highest BCUT2D eigenvalue weighted by molar-refractivity contribution is 7.98. The minimum Gasteiger partial charge on any atom is -0.455 e. The van der Waals surface area contributed by atoms with E-state index in [0.717, 1.165) is 11.5 Å². The molecule has 0 radical (unpaired) electrons. The Morgan fingerprint density at radius 1 is 1.14 bits per heavy atom. The van der Waals surface area contributed by atoms with E-state index < -0.39 is 0 Å². The van der Waals surface area contributed by atoms with Crippen molar-refractivity contribution in [1.82, 2.24) is 5.32 Å². The molecule has 2 rings (SSSR count). The maximum Gasteiger partial charge on any atom is 0.287 e. The van der Waals surface area contributed by atoms with E-state index in [1.807, 2.05) is 31.2 Å². The van der Waals surface area contributed by atoms with E-state index in [1.54, 1.807) is 17.8 Å². The maximum absolute atomic E-state index is 12.0. The molecule has 1 aromatic heterocycles. The Bertz CT molecular complexity index is 577. The summed E-state index contributed by atoms with van der Waals surface area (Å²) in [6.07, 6.45) is 0. The highest BCUT2D eigenvalue weighted by Gasteiger charge is 2.15. The molecule has 1 aromatic carbocycles. The quantitative estimate of drug-likeness (QED) is 0.807. The van der Waals surface area contributed by atoms with Crippen LogP contribution in [-0.4, -0.2) is 11.9 Å². The lowest BCUT2D eigenvalue weighted by Gasteiger charge is -2.16. The Morgan fingerprint density at radius 2 is 1.86 bits per heavy atom. The van der Waals surface area contributed by atoms with E-state index in [0.29, 0.717) is 11.7 Å². The van der Waals surface area contributed by atoms with E-state index in [4.69, 9.17) is 4.42 Å². The molecule has 3 nitrogen and oxygen atoms in total. The first-order valence-corrected chi connectivity index (χ1v) is 8.12. The van der Waals surface area contributed by atoms with Gasteiger partial charge in [-0.05, 0) is 37.1 Å². The van der Waals surface area contributed by atoms with Gasteiger partial charge in [-0.25, -0.2) is 0 Å². The second kappa shape index (κ2) is 7.36. The lowest BCUT2D eigenvalue weighted by Crippen LogP contribution is -2.35. The monoisotopic (exact) mass is 303 g/mol. The number of thioether (sulfide) groups is 1. The lowest BCUT2D eigenvalue weighted by atomic mass is 10.1. The molecule has 2 aromatic rings. The van der Waals surface area contributed by atoms with Gasteiger partial charge in [0.15, 0.2) is 5.76 Å². The van der Waals surface area contributed by atoms with Gasteiger partial charge in [-0.15, -0.1) is 11.8 Å². The first-order chi connectivity index (χ1) is 10.1. The van der Waals surface area contributed by atoms with Gasteiger partial charge in [0.1, 0.15) is 5.76 Å². The SMILES string of the molecule is CC(C)C(C)NC(=O)c1ccc(CSc2ccccc2)o1. The van der Waals surface area contributed by atoms with Gasteiger partial charge in [-0.2, -0.15) is 0 Å². The highest BCUT2D eigenvalue weighted by Crippen LogP contribution is 2.23. The molecule has 112 valence electrons. The van der Waals surface area contributed by atoms with Crippen LogP contribution in [0.25, 0.3) is 0 Å². The van der Waals surface area contributed by atoms with Gasteiger partial charge in [-0.3, -0.25) is 4.79 Å². The third-order valence-electron chi connectivity index (χ3n) is 3.37. The molecule has 1 N–H and O–H groups in total. The zero-order valence-corrected chi connectivity index (χ0v) is 13.4. The van der Waals surface area contributed by atoms with Crippen LogP contribution in [0.4, 0.5) is 0 Å². The number of benzene rings is 1. The zero-order chi connectivity index (χ0) is 15.2. The van der Waals surface area contributed by atoms with Gasteiger partial charge in [0.25, 0.3) is 5.91 Å². The minimum atomic E-state index is -0.146. The third kappa shape index (κ3) is 4.67. The summed E-state index contributed by atoms with van der Waals surface area (Å²) >= 11 is 1.69. The van der Waals surface area contributed by atoms with Gasteiger partial charge < -0.3 is 9.73 Å². The predicted molar refractivity (Wildman–Crippen MR) is 86.5 cm³/mol. The fraction of sp³-hybridized carbons (Fsp3) is 0.353. The van der Waals surface area contributed by atoms with Gasteiger partial charge in [0.2, 0.25) is 0 Å². The first-order valence-electron chi connectivity index (χ1n) is 7.13. The molecule has 0 fully saturated rings. The molecule has 0 aliphatic heterocycles. The molecule has 0 aliphatic rings. The van der Waals surface area contributed by atoms with Crippen LogP contribution in [-0.2, 0) is 5.75 Å². The lowest BCUT2D eigenvalue weighted by molar-refractivity contribution is 0.0901. The standard InChI is InChI=1S/C17H21NO2S/c1-12(2)13(3)18-17(19)16-10-9-14(20-16)11-21-15-7-5-4-6-8-15/h4-10,12-13H,11H2,1-3H3,(H,18,19). The molecule has 1 atom stereocenters. The third-order valence-corrected chi connectivity index (χ3v) is 4.40. The molecule has 21 heavy (non-hydrogen) atoms. The Labute approximate surface area is 130 Å². The highest BCUT2D eigenvalue weighted by atomic mass is 32.2. The van der Waals surface area contributed by atoms with Gasteiger partial charge in [0.05, 0.1) is 5.75 Å². The average molecular weight is 303 g/mol. The second-order valence-electron chi connectivity index (χ2n) is 5.37. The summed E-state index contributed by atoms with van der Waals surface area (Å²) in [6, 6.07) is 13.9. The van der Waals surface area contributed by atoms with Crippen LogP contribution < -0.4 is 5.32 Å². The molecule has 1 amide bonds. The van der Waals surface area contributed by atoms with Crippen LogP contribution in [0.15, 0.2) is 51.8 Å². The normalized spacial score (nSPS) is 12.4. The van der Waals surface area contributed by atoms with Crippen molar-refractivity contribution in [1.29, 1.82) is 0 Å². The smallest absolute Gasteiger partial charge is 0.287 e. The summed E-state index contributed by atoms with van der Waals surface area (Å²) in [7, 11) is 0. The largest absolute Gasteiger partial charge is 0.455 e. The van der Waals surface area contributed by atoms with Crippen LogP contribution in [0.3, 0.4) is 0 Å². The predicted octanol–water partition coefficient (Wildman–Crippen LogP) is 4.35. The van der Waals surface area contributed by atoms with Gasteiger partial charge in [-0.1, -0.05) is 32.0 Å². The van der Waals surface area contributed by atoms with Crippen LogP contribution >= 0.6 is 11.8 Å². The number of carbonyl (C=O) groups is 1. The van der Waals surface area contributed by atoms with Crippen molar-refractivity contribution in [3.05, 3.63) is 54.0 Å². The molecule has 0 aliphatic carbocycles. The second-order valence-corrected chi connectivity index (χ2v) is 6.42. The summed E-state index contributed by atoms with van der Waals surface area (Å²) in [4.78, 5) is 13.2. The summed E-state index contributed by atoms with van der Waals surface area (Å²) < 4.78 is 5.61. The number of hydrogen-bond donors (Lipinski definition) is 1. The number of hydrogen-bond acceptors (Lipinski definition) is 3. The van der Waals surface area contributed by atoms with Gasteiger partial charge in [0, 0.05) is 10.9 Å². The number of furan rings is 1. The first kappa shape index (κ1) is 15.7. The Morgan fingerprint density at radius 3 is 2.52 bits per heavy atom. The van der Waals surface area contributed by atoms with Crippen molar-refractivity contribution in [2.24, 2.45) is 5.92 Å². The Balaban J connectivity index is 1.90. The number of rotatable bonds is 6. The maximum atomic E-state index is 12.0. The molecule has 1 heterocycles. The molecular formula is C17H21NO2S. The van der Waals surface area contributed by atoms with Crippen LogP contribution in [0.5, 0.6) is 0 Å². The van der Waals surface area contributed by atoms with E-state index in [1.165, 1.54) is 4.90 Å². The van der Waals surface area contributed by atoms with E-state index in [-0.39, 0.29) is 11.9 Å². The van der Waals surface area contributed by atoms with E-state index in [2.05, 4.69) is 31.3 Å². The number of amides is 1. The van der Waals surface area contributed by atoms with Crippen molar-refractivity contribution in [2.75, 3.05) is 0 Å². The van der Waals surface area contributed by atoms with E-state index >= 15 is 0 Å². The molecule has 0 bridgehead atoms. The summed E-state index contributed by atoms with van der Waals surface area (Å²) in [5.74, 6) is 2.17. The number of carbonyl (C=O) groups excluding carboxylic acids is 1. The minimum absolute atomic E-state index is 0.129. The van der Waals surface area contributed by atoms with Crippen LogP contribution in [0.2, 0.25) is 0 Å². The summed E-state index contributed by atoms with van der Waals surface area (Å²) in [5.41, 5.74) is 0. The van der Waals surface area contributed by atoms with Crippen molar-refractivity contribution in [3.8, 4) is 0 Å². The Hall–Kier alpha value is -1.68. The summed E-state index contributed by atoms with van der Waals surface area (Å²) in [5, 5.41) is 2.94. The Kier molecular flexibility index (Phi) is 5.51. The average Bonchev–Trinajstić information content (AvgIpc) is 2.95. The van der Waals surface area contributed by atoms with Crippen molar-refractivity contribution in [3.63, 3.8) is 0 Å².